The molecule has 0 radical (unpaired) electrons. The van der Waals surface area contributed by atoms with Crippen molar-refractivity contribution in [3.63, 3.8) is 0 Å². The normalized spacial score (nSPS) is 12.3. The predicted molar refractivity (Wildman–Crippen MR) is 256 cm³/mol. The summed E-state index contributed by atoms with van der Waals surface area (Å²) in [5.41, 5.74) is 16.1. The number of aromatic nitrogens is 4. The van der Waals surface area contributed by atoms with Gasteiger partial charge in [-0.15, -0.1) is 11.3 Å². The third-order valence-corrected chi connectivity index (χ3v) is 14.1. The second-order valence-corrected chi connectivity index (χ2v) is 17.1. The fraction of sp³-hybridized carbons (Fsp3) is 0. The van der Waals surface area contributed by atoms with E-state index in [0.29, 0.717) is 5.95 Å². The lowest BCUT2D eigenvalue weighted by atomic mass is 9.91. The van der Waals surface area contributed by atoms with Crippen molar-refractivity contribution in [1.29, 1.82) is 0 Å². The molecule has 0 N–H and O–H groups in total. The SMILES string of the molecule is c1ccc2c(c1)-c1ccccc1-n1c3ccccc3c3cc4c(c-2c31)c1ccccc1n4-c1nc(-c2ccc(-c3cccc4ccccc34)cc2)c2sc3ccccc3c2n1. The fourth-order valence-corrected chi connectivity index (χ4v) is 11.4. The Bertz CT molecular complexity index is 3990. The Morgan fingerprint density at radius 1 is 0.410 bits per heavy atom. The van der Waals surface area contributed by atoms with Crippen LogP contribution in [0.15, 0.2) is 194 Å². The van der Waals surface area contributed by atoms with Crippen molar-refractivity contribution in [2.75, 3.05) is 0 Å². The first-order valence-electron chi connectivity index (χ1n) is 20.8. The summed E-state index contributed by atoms with van der Waals surface area (Å²) in [6, 6.07) is 70.6. The molecule has 0 fully saturated rings. The summed E-state index contributed by atoms with van der Waals surface area (Å²) < 4.78 is 7.12. The van der Waals surface area contributed by atoms with Gasteiger partial charge in [0.15, 0.2) is 0 Å². The molecule has 4 nitrogen and oxygen atoms in total. The number of benzene rings is 9. The lowest BCUT2D eigenvalue weighted by Gasteiger charge is -2.13. The Kier molecular flexibility index (Phi) is 6.68. The van der Waals surface area contributed by atoms with Gasteiger partial charge in [-0.1, -0.05) is 164 Å². The highest BCUT2D eigenvalue weighted by molar-refractivity contribution is 7.26. The van der Waals surface area contributed by atoms with Crippen molar-refractivity contribution in [3.05, 3.63) is 194 Å². The molecule has 0 aliphatic carbocycles. The van der Waals surface area contributed by atoms with E-state index in [1.165, 1.54) is 87.1 Å². The van der Waals surface area contributed by atoms with E-state index in [0.717, 1.165) is 37.9 Å². The maximum Gasteiger partial charge on any atom is 0.235 e. The van der Waals surface area contributed by atoms with Crippen molar-refractivity contribution in [2.45, 2.75) is 0 Å². The van der Waals surface area contributed by atoms with Crippen LogP contribution in [-0.2, 0) is 0 Å². The first-order valence-corrected chi connectivity index (χ1v) is 21.6. The molecule has 14 rings (SSSR count). The zero-order valence-corrected chi connectivity index (χ0v) is 33.5. The van der Waals surface area contributed by atoms with Gasteiger partial charge in [0.25, 0.3) is 0 Å². The number of nitrogens with zero attached hydrogens (tertiary/aromatic N) is 4. The highest BCUT2D eigenvalue weighted by atomic mass is 32.1. The van der Waals surface area contributed by atoms with Gasteiger partial charge in [-0.25, -0.2) is 9.97 Å². The van der Waals surface area contributed by atoms with Gasteiger partial charge in [0.1, 0.15) is 0 Å². The third-order valence-electron chi connectivity index (χ3n) is 12.9. The van der Waals surface area contributed by atoms with Crippen LogP contribution in [0.1, 0.15) is 0 Å². The Balaban J connectivity index is 1.10. The predicted octanol–water partition coefficient (Wildman–Crippen LogP) is 15.2. The van der Waals surface area contributed by atoms with Crippen molar-refractivity contribution in [1.82, 2.24) is 19.1 Å². The Morgan fingerprint density at radius 3 is 1.89 bits per heavy atom. The summed E-state index contributed by atoms with van der Waals surface area (Å²) in [6.07, 6.45) is 0. The monoisotopic (exact) mass is 792 g/mol. The van der Waals surface area contributed by atoms with E-state index in [-0.39, 0.29) is 0 Å². The summed E-state index contributed by atoms with van der Waals surface area (Å²) in [5.74, 6) is 0.663. The number of hydrogen-bond donors (Lipinski definition) is 0. The number of para-hydroxylation sites is 3. The van der Waals surface area contributed by atoms with Crippen LogP contribution in [0.4, 0.5) is 0 Å². The van der Waals surface area contributed by atoms with Crippen LogP contribution in [0.3, 0.4) is 0 Å². The van der Waals surface area contributed by atoms with Crippen molar-refractivity contribution >= 4 is 86.0 Å². The Labute approximate surface area is 353 Å². The highest BCUT2D eigenvalue weighted by Gasteiger charge is 2.29. The smallest absolute Gasteiger partial charge is 0.235 e. The summed E-state index contributed by atoms with van der Waals surface area (Å²) in [5, 5.41) is 8.43. The van der Waals surface area contributed by atoms with E-state index in [1.807, 2.05) is 0 Å². The largest absolute Gasteiger partial charge is 0.308 e. The second kappa shape index (κ2) is 12.3. The minimum Gasteiger partial charge on any atom is -0.308 e. The van der Waals surface area contributed by atoms with Crippen LogP contribution in [-0.4, -0.2) is 19.1 Å². The molecule has 1 aliphatic heterocycles. The molecule has 5 heterocycles. The first kappa shape index (κ1) is 33.0. The summed E-state index contributed by atoms with van der Waals surface area (Å²) >= 11 is 1.77. The van der Waals surface area contributed by atoms with E-state index in [2.05, 4.69) is 203 Å². The number of thiophene rings is 1. The Hall–Kier alpha value is -7.86. The first-order chi connectivity index (χ1) is 30.3. The van der Waals surface area contributed by atoms with Crippen LogP contribution in [0.25, 0.3) is 131 Å². The van der Waals surface area contributed by atoms with Gasteiger partial charge in [0, 0.05) is 48.3 Å². The van der Waals surface area contributed by atoms with E-state index in [4.69, 9.17) is 9.97 Å². The zero-order chi connectivity index (χ0) is 39.8. The van der Waals surface area contributed by atoms with Gasteiger partial charge in [-0.3, -0.25) is 4.57 Å². The molecule has 0 amide bonds. The van der Waals surface area contributed by atoms with Crippen molar-refractivity contribution in [2.24, 2.45) is 0 Å². The van der Waals surface area contributed by atoms with Gasteiger partial charge in [0.2, 0.25) is 5.95 Å². The summed E-state index contributed by atoms with van der Waals surface area (Å²) in [6.45, 7) is 0. The molecule has 1 aliphatic rings. The highest BCUT2D eigenvalue weighted by Crippen LogP contribution is 2.52. The third kappa shape index (κ3) is 4.53. The van der Waals surface area contributed by atoms with E-state index >= 15 is 0 Å². The molecule has 5 heteroatoms. The molecule has 61 heavy (non-hydrogen) atoms. The molecule has 0 bridgehead atoms. The summed E-state index contributed by atoms with van der Waals surface area (Å²) in [4.78, 5) is 11.2. The van der Waals surface area contributed by atoms with Gasteiger partial charge >= 0.3 is 0 Å². The molecule has 0 saturated heterocycles. The fourth-order valence-electron chi connectivity index (χ4n) is 10.3. The molecule has 9 aromatic carbocycles. The lowest BCUT2D eigenvalue weighted by Crippen LogP contribution is -2.03. The average molecular weight is 793 g/mol. The molecule has 282 valence electrons. The lowest BCUT2D eigenvalue weighted by molar-refractivity contribution is 1.02. The van der Waals surface area contributed by atoms with E-state index < -0.39 is 0 Å². The quantitative estimate of drug-likeness (QED) is 0.179. The molecule has 13 aromatic rings. The minimum atomic E-state index is 0.663. The number of fused-ring (bicyclic) bond motifs is 16. The zero-order valence-electron chi connectivity index (χ0n) is 32.7. The van der Waals surface area contributed by atoms with Crippen molar-refractivity contribution < 1.29 is 0 Å². The topological polar surface area (TPSA) is 35.6 Å². The van der Waals surface area contributed by atoms with Gasteiger partial charge in [0.05, 0.1) is 43.7 Å². The van der Waals surface area contributed by atoms with Gasteiger partial charge in [-0.05, 0) is 63.4 Å². The maximum absolute atomic E-state index is 5.63. The van der Waals surface area contributed by atoms with Crippen LogP contribution in [0.2, 0.25) is 0 Å². The molecule has 0 atom stereocenters. The standard InChI is InChI=1S/C56H32N4S/c1-2-16-36-33(14-1)15-13-23-37(36)34-28-30-35(31-29-34)52-55-53(43-22-8-12-27-49(43)61-55)58-56(57-52)60-47-26-11-7-21-42(47)50-48(60)32-44-40-19-6-10-25-46(40)59-45-24-9-5-18-39(45)38-17-3-4-20-41(38)51(50)54(44)59/h1-32H. The van der Waals surface area contributed by atoms with Crippen molar-refractivity contribution in [3.8, 4) is 56.3 Å². The minimum absolute atomic E-state index is 0.663. The average Bonchev–Trinajstić information content (AvgIpc) is 3.95. The summed E-state index contributed by atoms with van der Waals surface area (Å²) in [7, 11) is 0. The molecule has 0 spiro atoms. The number of rotatable bonds is 3. The molecule has 0 unspecified atom stereocenters. The van der Waals surface area contributed by atoms with Crippen LogP contribution in [0, 0.1) is 0 Å². The van der Waals surface area contributed by atoms with Crippen LogP contribution < -0.4 is 0 Å². The molecular formula is C56H32N4S. The van der Waals surface area contributed by atoms with E-state index in [9.17, 15) is 0 Å². The van der Waals surface area contributed by atoms with Crippen LogP contribution >= 0.6 is 11.3 Å². The number of hydrogen-bond acceptors (Lipinski definition) is 3. The molecule has 4 aromatic heterocycles. The van der Waals surface area contributed by atoms with Gasteiger partial charge < -0.3 is 4.57 Å². The second-order valence-electron chi connectivity index (χ2n) is 16.1. The van der Waals surface area contributed by atoms with Gasteiger partial charge in [-0.2, -0.15) is 0 Å². The van der Waals surface area contributed by atoms with Crippen LogP contribution in [0.5, 0.6) is 0 Å². The Morgan fingerprint density at radius 2 is 1.03 bits per heavy atom. The molecular weight excluding hydrogens is 761 g/mol. The maximum atomic E-state index is 5.63. The molecule has 0 saturated carbocycles. The van der Waals surface area contributed by atoms with E-state index in [1.54, 1.807) is 11.3 Å².